The molecule has 4 heteroatoms. The molecule has 0 spiro atoms. The molecule has 1 aliphatic heterocycles. The van der Waals surface area contributed by atoms with E-state index in [-0.39, 0.29) is 0 Å². The van der Waals surface area contributed by atoms with Crippen molar-refractivity contribution in [1.82, 2.24) is 0 Å². The second kappa shape index (κ2) is 6.34. The van der Waals surface area contributed by atoms with Crippen molar-refractivity contribution in [3.05, 3.63) is 27.7 Å². The summed E-state index contributed by atoms with van der Waals surface area (Å²) in [6.45, 7) is 7.00. The largest absolute Gasteiger partial charge is 0.492 e. The average Bonchev–Trinajstić information content (AvgIpc) is 3.02. The van der Waals surface area contributed by atoms with Crippen LogP contribution in [-0.4, -0.2) is 18.8 Å². The molecule has 2 nitrogen and oxygen atoms in total. The van der Waals surface area contributed by atoms with Gasteiger partial charge in [-0.3, -0.25) is 0 Å². The van der Waals surface area contributed by atoms with Gasteiger partial charge in [-0.1, -0.05) is 37.0 Å². The monoisotopic (exact) mass is 302 g/mol. The Morgan fingerprint density at radius 2 is 2.05 bits per heavy atom. The third kappa shape index (κ3) is 3.77. The van der Waals surface area contributed by atoms with E-state index in [0.29, 0.717) is 34.8 Å². The van der Waals surface area contributed by atoms with E-state index in [4.69, 9.17) is 32.7 Å². The quantitative estimate of drug-likeness (QED) is 0.685. The van der Waals surface area contributed by atoms with Gasteiger partial charge < -0.3 is 9.47 Å². The molecule has 3 atom stereocenters. The van der Waals surface area contributed by atoms with Gasteiger partial charge in [0.2, 0.25) is 0 Å². The third-order valence-electron chi connectivity index (χ3n) is 3.44. The molecular formula is C15H20Cl2O2. The molecule has 2 rings (SSSR count). The summed E-state index contributed by atoms with van der Waals surface area (Å²) in [6, 6.07) is 3.69. The fourth-order valence-corrected chi connectivity index (χ4v) is 2.82. The lowest BCUT2D eigenvalue weighted by Gasteiger charge is -2.18. The molecule has 0 radical (unpaired) electrons. The van der Waals surface area contributed by atoms with Crippen molar-refractivity contribution in [1.29, 1.82) is 0 Å². The van der Waals surface area contributed by atoms with Crippen LogP contribution in [-0.2, 0) is 4.74 Å². The summed E-state index contributed by atoms with van der Waals surface area (Å²) in [7, 11) is 0. The molecule has 0 aliphatic carbocycles. The van der Waals surface area contributed by atoms with Crippen molar-refractivity contribution in [2.45, 2.75) is 51.7 Å². The predicted molar refractivity (Wildman–Crippen MR) is 79.6 cm³/mol. The Kier molecular flexibility index (Phi) is 4.99. The van der Waals surface area contributed by atoms with E-state index in [1.165, 1.54) is 0 Å². The minimum atomic E-state index is 0.318. The van der Waals surface area contributed by atoms with E-state index in [2.05, 4.69) is 20.8 Å². The maximum Gasteiger partial charge on any atom is 0.141 e. The minimum Gasteiger partial charge on any atom is -0.492 e. The smallest absolute Gasteiger partial charge is 0.141 e. The summed E-state index contributed by atoms with van der Waals surface area (Å²) in [5.41, 5.74) is 1.08. The molecule has 1 aliphatic rings. The number of rotatable bonds is 6. The SMILES string of the molecule is CCCOc1c(Cl)cc(Cl)cc1C(C)CC1OC1C. The Labute approximate surface area is 125 Å². The Hall–Kier alpha value is -0.440. The van der Waals surface area contributed by atoms with E-state index in [0.717, 1.165) is 24.2 Å². The number of epoxide rings is 1. The molecule has 1 aromatic rings. The van der Waals surface area contributed by atoms with E-state index in [9.17, 15) is 0 Å². The molecule has 0 aromatic heterocycles. The molecule has 0 amide bonds. The van der Waals surface area contributed by atoms with Crippen molar-refractivity contribution < 1.29 is 9.47 Å². The van der Waals surface area contributed by atoms with Crippen LogP contribution in [0.4, 0.5) is 0 Å². The summed E-state index contributed by atoms with van der Waals surface area (Å²) in [4.78, 5) is 0. The average molecular weight is 303 g/mol. The summed E-state index contributed by atoms with van der Waals surface area (Å²) >= 11 is 12.4. The first kappa shape index (κ1) is 15.0. The van der Waals surface area contributed by atoms with Crippen LogP contribution in [0.1, 0.15) is 45.1 Å². The lowest BCUT2D eigenvalue weighted by molar-refractivity contribution is 0.310. The van der Waals surface area contributed by atoms with Crippen LogP contribution in [0.3, 0.4) is 0 Å². The first-order chi connectivity index (χ1) is 9.02. The van der Waals surface area contributed by atoms with E-state index in [1.807, 2.05) is 6.07 Å². The zero-order valence-corrected chi connectivity index (χ0v) is 13.1. The van der Waals surface area contributed by atoms with E-state index in [1.54, 1.807) is 6.07 Å². The number of hydrogen-bond acceptors (Lipinski definition) is 2. The van der Waals surface area contributed by atoms with Gasteiger partial charge in [0.25, 0.3) is 0 Å². The highest BCUT2D eigenvalue weighted by Crippen LogP contribution is 2.40. The Morgan fingerprint density at radius 3 is 2.63 bits per heavy atom. The first-order valence-corrected chi connectivity index (χ1v) is 7.55. The van der Waals surface area contributed by atoms with Crippen LogP contribution >= 0.6 is 23.2 Å². The zero-order valence-electron chi connectivity index (χ0n) is 11.6. The molecule has 3 unspecified atom stereocenters. The Bertz CT molecular complexity index is 448. The highest BCUT2D eigenvalue weighted by Gasteiger charge is 2.36. The van der Waals surface area contributed by atoms with Gasteiger partial charge >= 0.3 is 0 Å². The fourth-order valence-electron chi connectivity index (χ4n) is 2.26. The molecule has 106 valence electrons. The number of halogens is 2. The molecule has 0 saturated carbocycles. The van der Waals surface area contributed by atoms with Crippen molar-refractivity contribution in [2.24, 2.45) is 0 Å². The first-order valence-electron chi connectivity index (χ1n) is 6.80. The Balaban J connectivity index is 2.20. The molecule has 1 heterocycles. The zero-order chi connectivity index (χ0) is 14.0. The van der Waals surface area contributed by atoms with Crippen molar-refractivity contribution in [3.8, 4) is 5.75 Å². The van der Waals surface area contributed by atoms with Crippen molar-refractivity contribution in [3.63, 3.8) is 0 Å². The lowest BCUT2D eigenvalue weighted by Crippen LogP contribution is -2.05. The van der Waals surface area contributed by atoms with Crippen LogP contribution in [0.2, 0.25) is 10.0 Å². The van der Waals surface area contributed by atoms with Gasteiger partial charge in [-0.2, -0.15) is 0 Å². The van der Waals surface area contributed by atoms with Gasteiger partial charge in [0.05, 0.1) is 23.8 Å². The molecule has 0 bridgehead atoms. The Morgan fingerprint density at radius 1 is 1.37 bits per heavy atom. The normalized spacial score (nSPS) is 23.2. The summed E-state index contributed by atoms with van der Waals surface area (Å²) in [5.74, 6) is 1.09. The third-order valence-corrected chi connectivity index (χ3v) is 3.94. The van der Waals surface area contributed by atoms with Crippen molar-refractivity contribution >= 4 is 23.2 Å². The number of benzene rings is 1. The second-order valence-corrected chi connectivity index (χ2v) is 6.01. The molecule has 19 heavy (non-hydrogen) atoms. The number of hydrogen-bond donors (Lipinski definition) is 0. The van der Waals surface area contributed by atoms with Crippen LogP contribution in [0, 0.1) is 0 Å². The van der Waals surface area contributed by atoms with Gasteiger partial charge in [-0.15, -0.1) is 0 Å². The van der Waals surface area contributed by atoms with Gasteiger partial charge in [0, 0.05) is 10.6 Å². The fraction of sp³-hybridized carbons (Fsp3) is 0.600. The van der Waals surface area contributed by atoms with E-state index < -0.39 is 0 Å². The van der Waals surface area contributed by atoms with Crippen LogP contribution in [0.5, 0.6) is 5.75 Å². The molecule has 1 fully saturated rings. The maximum atomic E-state index is 6.25. The van der Waals surface area contributed by atoms with Gasteiger partial charge in [-0.05, 0) is 37.8 Å². The molecule has 1 saturated heterocycles. The molecular weight excluding hydrogens is 283 g/mol. The van der Waals surface area contributed by atoms with Crippen LogP contribution < -0.4 is 4.74 Å². The summed E-state index contributed by atoms with van der Waals surface area (Å²) in [6.07, 6.45) is 2.65. The second-order valence-electron chi connectivity index (χ2n) is 5.17. The van der Waals surface area contributed by atoms with Crippen molar-refractivity contribution in [2.75, 3.05) is 6.61 Å². The lowest BCUT2D eigenvalue weighted by atomic mass is 9.94. The van der Waals surface area contributed by atoms with Crippen LogP contribution in [0.15, 0.2) is 12.1 Å². The summed E-state index contributed by atoms with van der Waals surface area (Å²) < 4.78 is 11.3. The van der Waals surface area contributed by atoms with E-state index >= 15 is 0 Å². The summed E-state index contributed by atoms with van der Waals surface area (Å²) in [5, 5.41) is 1.24. The highest BCUT2D eigenvalue weighted by atomic mass is 35.5. The molecule has 0 N–H and O–H groups in total. The van der Waals surface area contributed by atoms with Crippen LogP contribution in [0.25, 0.3) is 0 Å². The van der Waals surface area contributed by atoms with Gasteiger partial charge in [0.1, 0.15) is 5.75 Å². The van der Waals surface area contributed by atoms with Gasteiger partial charge in [0.15, 0.2) is 0 Å². The van der Waals surface area contributed by atoms with Gasteiger partial charge in [-0.25, -0.2) is 0 Å². The maximum absolute atomic E-state index is 6.25. The number of ether oxygens (including phenoxy) is 2. The standard InChI is InChI=1S/C15H20Cl2O2/c1-4-5-18-15-12(7-11(16)8-13(15)17)9(2)6-14-10(3)19-14/h7-10,14H,4-6H2,1-3H3. The topological polar surface area (TPSA) is 21.8 Å². The highest BCUT2D eigenvalue weighted by molar-refractivity contribution is 6.35. The minimum absolute atomic E-state index is 0.318. The molecule has 1 aromatic carbocycles. The predicted octanol–water partition coefficient (Wildman–Crippen LogP) is 5.06.